The number of hydrogen-bond acceptors (Lipinski definition) is 4. The van der Waals surface area contributed by atoms with Crippen LogP contribution < -0.4 is 10.6 Å². The number of aromatic nitrogens is 2. The average molecular weight is 270 g/mol. The van der Waals surface area contributed by atoms with Gasteiger partial charge >= 0.3 is 6.18 Å². The lowest BCUT2D eigenvalue weighted by atomic mass is 10.2. The lowest BCUT2D eigenvalue weighted by Crippen LogP contribution is -2.34. The molecule has 2 rings (SSSR count). The lowest BCUT2D eigenvalue weighted by molar-refractivity contribution is -0.119. The Morgan fingerprint density at radius 3 is 2.63 bits per heavy atom. The largest absolute Gasteiger partial charge is 0.405 e. The van der Waals surface area contributed by atoms with E-state index in [1.807, 2.05) is 0 Å². The van der Waals surface area contributed by atoms with Crippen molar-refractivity contribution in [3.63, 3.8) is 0 Å². The van der Waals surface area contributed by atoms with E-state index in [1.54, 1.807) is 25.1 Å². The number of halogens is 3. The summed E-state index contributed by atoms with van der Waals surface area (Å²) in [5.74, 6) is 0.268. The number of benzene rings is 1. The van der Waals surface area contributed by atoms with Gasteiger partial charge in [-0.05, 0) is 25.1 Å². The SMILES string of the molecule is CCN(CC(F)(F)F)c1ncnc2cc(N)ccc12. The van der Waals surface area contributed by atoms with Crippen molar-refractivity contribution in [1.29, 1.82) is 0 Å². The molecule has 0 amide bonds. The first-order valence-corrected chi connectivity index (χ1v) is 5.72. The van der Waals surface area contributed by atoms with Crippen LogP contribution in [-0.4, -0.2) is 29.2 Å². The van der Waals surface area contributed by atoms with E-state index in [4.69, 9.17) is 5.73 Å². The molecule has 4 nitrogen and oxygen atoms in total. The molecule has 0 fully saturated rings. The van der Waals surface area contributed by atoms with Gasteiger partial charge in [-0.1, -0.05) is 0 Å². The van der Waals surface area contributed by atoms with E-state index in [0.717, 1.165) is 0 Å². The second-order valence-corrected chi connectivity index (χ2v) is 4.10. The zero-order valence-corrected chi connectivity index (χ0v) is 10.3. The van der Waals surface area contributed by atoms with Gasteiger partial charge < -0.3 is 10.6 Å². The average Bonchev–Trinajstić information content (AvgIpc) is 2.34. The van der Waals surface area contributed by atoms with Crippen molar-refractivity contribution in [1.82, 2.24) is 9.97 Å². The fourth-order valence-corrected chi connectivity index (χ4v) is 1.86. The van der Waals surface area contributed by atoms with Crippen LogP contribution >= 0.6 is 0 Å². The summed E-state index contributed by atoms with van der Waals surface area (Å²) in [6.07, 6.45) is -3.03. The molecular formula is C12H13F3N4. The Labute approximate surface area is 108 Å². The van der Waals surface area contributed by atoms with Crippen molar-refractivity contribution >= 4 is 22.4 Å². The molecule has 0 aliphatic carbocycles. The van der Waals surface area contributed by atoms with E-state index in [2.05, 4.69) is 9.97 Å². The highest BCUT2D eigenvalue weighted by molar-refractivity contribution is 5.91. The minimum absolute atomic E-state index is 0.204. The second-order valence-electron chi connectivity index (χ2n) is 4.10. The summed E-state index contributed by atoms with van der Waals surface area (Å²) in [6, 6.07) is 4.87. The van der Waals surface area contributed by atoms with Gasteiger partial charge in [0.25, 0.3) is 0 Å². The molecule has 0 saturated heterocycles. The van der Waals surface area contributed by atoms with Gasteiger partial charge in [0.2, 0.25) is 0 Å². The maximum absolute atomic E-state index is 12.5. The number of nitrogens with zero attached hydrogens (tertiary/aromatic N) is 3. The van der Waals surface area contributed by atoms with Gasteiger partial charge in [0.05, 0.1) is 5.52 Å². The molecule has 2 N–H and O–H groups in total. The van der Waals surface area contributed by atoms with Crippen molar-refractivity contribution in [2.45, 2.75) is 13.1 Å². The fraction of sp³-hybridized carbons (Fsp3) is 0.333. The highest BCUT2D eigenvalue weighted by atomic mass is 19.4. The first kappa shape index (κ1) is 13.4. The molecule has 2 aromatic rings. The van der Waals surface area contributed by atoms with Crippen LogP contribution in [0.3, 0.4) is 0 Å². The van der Waals surface area contributed by atoms with Crippen molar-refractivity contribution in [3.05, 3.63) is 24.5 Å². The number of hydrogen-bond donors (Lipinski definition) is 1. The van der Waals surface area contributed by atoms with Crippen LogP contribution in [0.2, 0.25) is 0 Å². The summed E-state index contributed by atoms with van der Waals surface area (Å²) < 4.78 is 37.6. The number of nitrogen functional groups attached to an aromatic ring is 1. The fourth-order valence-electron chi connectivity index (χ4n) is 1.86. The number of alkyl halides is 3. The van der Waals surface area contributed by atoms with E-state index in [0.29, 0.717) is 16.6 Å². The predicted molar refractivity (Wildman–Crippen MR) is 67.9 cm³/mol. The standard InChI is InChI=1S/C12H13F3N4/c1-2-19(6-12(13,14)15)11-9-4-3-8(16)5-10(9)17-7-18-11/h3-5,7H,2,6,16H2,1H3. The van der Waals surface area contributed by atoms with Gasteiger partial charge in [0.1, 0.15) is 18.7 Å². The van der Waals surface area contributed by atoms with Gasteiger partial charge in [0.15, 0.2) is 0 Å². The summed E-state index contributed by atoms with van der Waals surface area (Å²) in [4.78, 5) is 9.15. The molecule has 1 aromatic carbocycles. The van der Waals surface area contributed by atoms with Gasteiger partial charge in [-0.3, -0.25) is 0 Å². The minimum Gasteiger partial charge on any atom is -0.399 e. The second kappa shape index (κ2) is 4.91. The van der Waals surface area contributed by atoms with Crippen LogP contribution in [0.25, 0.3) is 10.9 Å². The van der Waals surface area contributed by atoms with Gasteiger partial charge in [-0.25, -0.2) is 9.97 Å². The molecule has 0 spiro atoms. The first-order chi connectivity index (χ1) is 8.90. The Balaban J connectivity index is 2.48. The Hall–Kier alpha value is -2.05. The summed E-state index contributed by atoms with van der Waals surface area (Å²) in [5, 5.41) is 0.558. The number of rotatable bonds is 3. The molecule has 0 unspecified atom stereocenters. The summed E-state index contributed by atoms with van der Waals surface area (Å²) in [6.45, 7) is 0.812. The number of fused-ring (bicyclic) bond motifs is 1. The lowest BCUT2D eigenvalue weighted by Gasteiger charge is -2.24. The van der Waals surface area contributed by atoms with E-state index < -0.39 is 12.7 Å². The molecule has 0 aliphatic rings. The summed E-state index contributed by atoms with van der Waals surface area (Å²) in [5.41, 5.74) is 6.67. The summed E-state index contributed by atoms with van der Waals surface area (Å²) in [7, 11) is 0. The molecule has 0 saturated carbocycles. The molecule has 19 heavy (non-hydrogen) atoms. The molecule has 1 heterocycles. The molecule has 0 aliphatic heterocycles. The monoisotopic (exact) mass is 270 g/mol. The molecule has 1 aromatic heterocycles. The number of nitrogens with two attached hydrogens (primary N) is 1. The molecule has 102 valence electrons. The Morgan fingerprint density at radius 2 is 2.00 bits per heavy atom. The van der Waals surface area contributed by atoms with Crippen molar-refractivity contribution in [3.8, 4) is 0 Å². The topological polar surface area (TPSA) is 55.0 Å². The zero-order valence-electron chi connectivity index (χ0n) is 10.3. The highest BCUT2D eigenvalue weighted by Crippen LogP contribution is 2.27. The third-order valence-electron chi connectivity index (χ3n) is 2.69. The smallest absolute Gasteiger partial charge is 0.399 e. The summed E-state index contributed by atoms with van der Waals surface area (Å²) >= 11 is 0. The molecule has 0 radical (unpaired) electrons. The van der Waals surface area contributed by atoms with Crippen molar-refractivity contribution in [2.24, 2.45) is 0 Å². The van der Waals surface area contributed by atoms with Crippen LogP contribution in [0.4, 0.5) is 24.7 Å². The van der Waals surface area contributed by atoms with Crippen LogP contribution in [-0.2, 0) is 0 Å². The van der Waals surface area contributed by atoms with Gasteiger partial charge in [-0.2, -0.15) is 13.2 Å². The molecule has 0 atom stereocenters. The number of anilines is 2. The van der Waals surface area contributed by atoms with E-state index in [-0.39, 0.29) is 12.4 Å². The minimum atomic E-state index is -4.28. The highest BCUT2D eigenvalue weighted by Gasteiger charge is 2.31. The Bertz CT molecular complexity index is 583. The van der Waals surface area contributed by atoms with Crippen molar-refractivity contribution in [2.75, 3.05) is 23.7 Å². The van der Waals surface area contributed by atoms with E-state index >= 15 is 0 Å². The predicted octanol–water partition coefficient (Wildman–Crippen LogP) is 2.60. The van der Waals surface area contributed by atoms with E-state index in [1.165, 1.54) is 11.2 Å². The van der Waals surface area contributed by atoms with Crippen molar-refractivity contribution < 1.29 is 13.2 Å². The quantitative estimate of drug-likeness (QED) is 0.871. The first-order valence-electron chi connectivity index (χ1n) is 5.72. The molecule has 0 bridgehead atoms. The van der Waals surface area contributed by atoms with Gasteiger partial charge in [-0.15, -0.1) is 0 Å². The maximum Gasteiger partial charge on any atom is 0.405 e. The Morgan fingerprint density at radius 1 is 1.26 bits per heavy atom. The van der Waals surface area contributed by atoms with Crippen LogP contribution in [0.5, 0.6) is 0 Å². The van der Waals surface area contributed by atoms with E-state index in [9.17, 15) is 13.2 Å². The Kier molecular flexibility index (Phi) is 3.46. The van der Waals surface area contributed by atoms with Crippen LogP contribution in [0.1, 0.15) is 6.92 Å². The van der Waals surface area contributed by atoms with Crippen LogP contribution in [0.15, 0.2) is 24.5 Å². The third-order valence-corrected chi connectivity index (χ3v) is 2.69. The molecule has 7 heteroatoms. The van der Waals surface area contributed by atoms with Crippen LogP contribution in [0, 0.1) is 0 Å². The molecular weight excluding hydrogens is 257 g/mol. The third kappa shape index (κ3) is 3.04. The zero-order chi connectivity index (χ0) is 14.0. The van der Waals surface area contributed by atoms with Gasteiger partial charge in [0, 0.05) is 17.6 Å². The maximum atomic E-state index is 12.5. The normalized spacial score (nSPS) is 11.8.